The first-order valence-corrected chi connectivity index (χ1v) is 6.36. The molecule has 0 saturated carbocycles. The molecule has 0 radical (unpaired) electrons. The molecular weight excluding hydrogens is 260 g/mol. The number of imidazole rings is 1. The average Bonchev–Trinajstić information content (AvgIpc) is 2.85. The van der Waals surface area contributed by atoms with Crippen LogP contribution in [0.15, 0.2) is 42.6 Å². The largest absolute Gasteiger partial charge is 0.384 e. The molecule has 5 nitrogen and oxygen atoms in total. The van der Waals surface area contributed by atoms with Crippen molar-refractivity contribution in [2.75, 3.05) is 5.73 Å². The van der Waals surface area contributed by atoms with Crippen LogP contribution in [0.1, 0.15) is 11.4 Å². The summed E-state index contributed by atoms with van der Waals surface area (Å²) in [6, 6.07) is 11.1. The number of para-hydroxylation sites is 2. The van der Waals surface area contributed by atoms with Gasteiger partial charge in [-0.3, -0.25) is 0 Å². The van der Waals surface area contributed by atoms with Gasteiger partial charge in [0.05, 0.1) is 11.0 Å². The third-order valence-electron chi connectivity index (χ3n) is 2.74. The fraction of sp³-hybridized carbons (Fsp3) is 0. The smallest absolute Gasteiger partial charge is 0.152 e. The van der Waals surface area contributed by atoms with E-state index in [1.54, 1.807) is 18.3 Å². The van der Waals surface area contributed by atoms with Gasteiger partial charge in [-0.15, -0.1) is 0 Å². The maximum atomic E-state index is 11.4. The van der Waals surface area contributed by atoms with E-state index in [4.69, 9.17) is 5.73 Å². The molecule has 0 spiro atoms. The molecule has 0 aliphatic heterocycles. The van der Waals surface area contributed by atoms with Crippen LogP contribution in [0.5, 0.6) is 0 Å². The van der Waals surface area contributed by atoms with Gasteiger partial charge in [0.2, 0.25) is 0 Å². The number of fused-ring (bicyclic) bond motifs is 1. The minimum absolute atomic E-state index is 0.389. The molecule has 0 saturated heterocycles. The quantitative estimate of drug-likeness (QED) is 0.543. The van der Waals surface area contributed by atoms with Crippen molar-refractivity contribution in [2.24, 2.45) is 0 Å². The molecule has 3 rings (SSSR count). The summed E-state index contributed by atoms with van der Waals surface area (Å²) in [6.45, 7) is 0. The van der Waals surface area contributed by atoms with E-state index in [9.17, 15) is 4.21 Å². The molecule has 0 unspecified atom stereocenters. The van der Waals surface area contributed by atoms with Gasteiger partial charge >= 0.3 is 0 Å². The van der Waals surface area contributed by atoms with Crippen LogP contribution in [0, 0.1) is 0 Å². The Balaban J connectivity index is 2.12. The minimum atomic E-state index is 0.389. The number of nitrogens with two attached hydrogens (primary N) is 1. The van der Waals surface area contributed by atoms with Gasteiger partial charge in [0.25, 0.3) is 0 Å². The van der Waals surface area contributed by atoms with Crippen molar-refractivity contribution in [2.45, 2.75) is 0 Å². The number of nitrogens with zero attached hydrogens (tertiary/aromatic N) is 2. The summed E-state index contributed by atoms with van der Waals surface area (Å²) in [5.74, 6) is 0.969. The van der Waals surface area contributed by atoms with Crippen molar-refractivity contribution >= 4 is 33.0 Å². The molecule has 2 aromatic heterocycles. The van der Waals surface area contributed by atoms with Crippen LogP contribution < -0.4 is 5.73 Å². The van der Waals surface area contributed by atoms with Gasteiger partial charge in [-0.25, -0.2) is 14.2 Å². The van der Waals surface area contributed by atoms with Gasteiger partial charge in [-0.05, 0) is 24.3 Å². The van der Waals surface area contributed by atoms with Gasteiger partial charge in [0.15, 0.2) is 5.82 Å². The number of nitrogen functional groups attached to an aromatic ring is 1. The highest BCUT2D eigenvalue weighted by molar-refractivity contribution is 7.67. The van der Waals surface area contributed by atoms with E-state index in [2.05, 4.69) is 15.0 Å². The van der Waals surface area contributed by atoms with Crippen LogP contribution in [-0.4, -0.2) is 24.0 Å². The topological polar surface area (TPSA) is 84.7 Å². The Bertz CT molecular complexity index is 755. The average molecular weight is 270 g/mol. The van der Waals surface area contributed by atoms with Gasteiger partial charge in [-0.2, -0.15) is 0 Å². The van der Waals surface area contributed by atoms with Crippen LogP contribution >= 0.6 is 0 Å². The highest BCUT2D eigenvalue weighted by Crippen LogP contribution is 2.13. The Morgan fingerprint density at radius 2 is 2.05 bits per heavy atom. The van der Waals surface area contributed by atoms with E-state index in [-0.39, 0.29) is 0 Å². The second kappa shape index (κ2) is 4.66. The molecule has 3 N–H and O–H groups in total. The Morgan fingerprint density at radius 1 is 1.21 bits per heavy atom. The molecule has 6 heteroatoms. The van der Waals surface area contributed by atoms with Crippen molar-refractivity contribution in [1.29, 1.82) is 0 Å². The minimum Gasteiger partial charge on any atom is -0.384 e. The normalized spacial score (nSPS) is 10.5. The van der Waals surface area contributed by atoms with Gasteiger partial charge in [0.1, 0.15) is 21.9 Å². The predicted octanol–water partition coefficient (Wildman–Crippen LogP) is 1.32. The fourth-order valence-electron chi connectivity index (χ4n) is 1.82. The molecular formula is C13H10N4OS. The highest BCUT2D eigenvalue weighted by Gasteiger charge is 2.11. The first kappa shape index (κ1) is 11.6. The summed E-state index contributed by atoms with van der Waals surface area (Å²) in [4.78, 5) is 12.0. The molecule has 1 aromatic carbocycles. The second-order valence-corrected chi connectivity index (χ2v) is 4.56. The van der Waals surface area contributed by atoms with Crippen LogP contribution in [0.2, 0.25) is 0 Å². The summed E-state index contributed by atoms with van der Waals surface area (Å²) < 4.78 is 11.4. The number of aromatic amines is 1. The number of pyridine rings is 1. The first-order valence-electron chi connectivity index (χ1n) is 5.62. The molecule has 0 amide bonds. The maximum absolute atomic E-state index is 11.4. The van der Waals surface area contributed by atoms with Gasteiger partial charge < -0.3 is 10.7 Å². The van der Waals surface area contributed by atoms with E-state index < -0.39 is 0 Å². The summed E-state index contributed by atoms with van der Waals surface area (Å²) >= 11 is 0.389. The third-order valence-corrected chi connectivity index (χ3v) is 3.33. The lowest BCUT2D eigenvalue weighted by molar-refractivity contribution is 0.701. The van der Waals surface area contributed by atoms with E-state index in [0.29, 0.717) is 33.3 Å². The molecule has 0 aliphatic rings. The molecule has 2 heterocycles. The first-order chi connectivity index (χ1) is 9.28. The summed E-state index contributed by atoms with van der Waals surface area (Å²) in [5.41, 5.74) is 7.96. The number of benzene rings is 1. The zero-order chi connectivity index (χ0) is 13.2. The van der Waals surface area contributed by atoms with Crippen LogP contribution in [0.25, 0.3) is 11.0 Å². The van der Waals surface area contributed by atoms with Gasteiger partial charge in [0, 0.05) is 11.8 Å². The molecule has 19 heavy (non-hydrogen) atoms. The van der Waals surface area contributed by atoms with Crippen molar-refractivity contribution < 1.29 is 4.21 Å². The summed E-state index contributed by atoms with van der Waals surface area (Å²) in [6.07, 6.45) is 1.57. The predicted molar refractivity (Wildman–Crippen MR) is 76.1 cm³/mol. The highest BCUT2D eigenvalue weighted by atomic mass is 32.1. The van der Waals surface area contributed by atoms with E-state index in [0.717, 1.165) is 11.0 Å². The standard InChI is InChI=1S/C13H10N4OS/c14-11-6-5-8(7-15-11)12(19-18)13-16-9-3-1-2-4-10(9)17-13/h1-7H,(H2,14,15)(H,16,17). The number of rotatable bonds is 2. The Labute approximate surface area is 112 Å². The SMILES string of the molecule is Nc1ccc(C(=S=O)c2nc3ccccc3[nH]2)cn1. The zero-order valence-corrected chi connectivity index (χ0v) is 10.6. The molecule has 0 bridgehead atoms. The Morgan fingerprint density at radius 3 is 2.74 bits per heavy atom. The lowest BCUT2D eigenvalue weighted by Gasteiger charge is -1.99. The molecule has 0 atom stereocenters. The number of nitrogens with one attached hydrogen (secondary N) is 1. The van der Waals surface area contributed by atoms with Crippen LogP contribution in [0.4, 0.5) is 5.82 Å². The molecule has 0 fully saturated rings. The fourth-order valence-corrected chi connectivity index (χ4v) is 2.22. The zero-order valence-electron chi connectivity index (χ0n) is 9.83. The summed E-state index contributed by atoms with van der Waals surface area (Å²) in [5, 5.41) is 0. The third kappa shape index (κ3) is 2.13. The molecule has 0 aliphatic carbocycles. The number of anilines is 1. The second-order valence-electron chi connectivity index (χ2n) is 3.99. The number of hydrogen-bond acceptors (Lipinski definition) is 4. The van der Waals surface area contributed by atoms with Crippen LogP contribution in [0.3, 0.4) is 0 Å². The Hall–Kier alpha value is -2.47. The maximum Gasteiger partial charge on any atom is 0.152 e. The van der Waals surface area contributed by atoms with Gasteiger partial charge in [-0.1, -0.05) is 12.1 Å². The number of hydrogen-bond donors (Lipinski definition) is 2. The van der Waals surface area contributed by atoms with E-state index >= 15 is 0 Å². The lowest BCUT2D eigenvalue weighted by atomic mass is 10.2. The Kier molecular flexibility index (Phi) is 2.85. The van der Waals surface area contributed by atoms with E-state index in [1.165, 1.54) is 0 Å². The summed E-state index contributed by atoms with van der Waals surface area (Å²) in [7, 11) is 0. The van der Waals surface area contributed by atoms with E-state index in [1.807, 2.05) is 24.3 Å². The molecule has 94 valence electrons. The van der Waals surface area contributed by atoms with Crippen molar-refractivity contribution in [1.82, 2.24) is 15.0 Å². The number of H-pyrrole nitrogens is 1. The van der Waals surface area contributed by atoms with Crippen molar-refractivity contribution in [3.63, 3.8) is 0 Å². The number of aromatic nitrogens is 3. The monoisotopic (exact) mass is 270 g/mol. The molecule has 3 aromatic rings. The lowest BCUT2D eigenvalue weighted by Crippen LogP contribution is -2.06. The van der Waals surface area contributed by atoms with Crippen LogP contribution in [-0.2, 0) is 11.3 Å². The van der Waals surface area contributed by atoms with Crippen molar-refractivity contribution in [3.05, 3.63) is 54.0 Å². The van der Waals surface area contributed by atoms with Crippen molar-refractivity contribution in [3.8, 4) is 0 Å².